The molecule has 0 spiro atoms. The molecule has 0 radical (unpaired) electrons. The minimum atomic E-state index is -4.72. The second-order valence-corrected chi connectivity index (χ2v) is 6.84. The van der Waals surface area contributed by atoms with Gasteiger partial charge in [0.1, 0.15) is 6.17 Å². The van der Waals surface area contributed by atoms with E-state index in [9.17, 15) is 31.1 Å². The molecule has 0 bridgehead atoms. The number of hydrogen-bond acceptors (Lipinski definition) is 5. The number of rotatable bonds is 5. The maximum absolute atomic E-state index is 13.6. The van der Waals surface area contributed by atoms with Crippen LogP contribution in [0.3, 0.4) is 0 Å². The van der Waals surface area contributed by atoms with Gasteiger partial charge < -0.3 is 10.6 Å². The third-order valence-electron chi connectivity index (χ3n) is 4.70. The molecule has 6 nitrogen and oxygen atoms in total. The molecule has 2 aromatic heterocycles. The zero-order valence-electron chi connectivity index (χ0n) is 15.6. The van der Waals surface area contributed by atoms with E-state index in [1.165, 1.54) is 6.07 Å². The Balaban J connectivity index is 1.79. The standard InChI is InChI=1S/C18H17F6N5O/c1-8-12(19)3-14(29-8)16(30)26-4-9-2-13(25-7-11(9)15(20)21)10-5-27-17(28-6-10)18(22,23)24/h2,5-8,12,14-15,29H,3-4H2,1H3,(H,26,30)/t8-,12+,14-/m0/s1. The van der Waals surface area contributed by atoms with Crippen molar-refractivity contribution >= 4 is 5.91 Å². The number of carbonyl (C=O) groups is 1. The average molecular weight is 433 g/mol. The fourth-order valence-electron chi connectivity index (χ4n) is 3.03. The van der Waals surface area contributed by atoms with E-state index in [1.54, 1.807) is 6.92 Å². The summed E-state index contributed by atoms with van der Waals surface area (Å²) in [5.41, 5.74) is -0.272. The first-order valence-electron chi connectivity index (χ1n) is 8.90. The monoisotopic (exact) mass is 433 g/mol. The topological polar surface area (TPSA) is 79.8 Å². The number of nitrogens with one attached hydrogen (secondary N) is 2. The number of nitrogens with zero attached hydrogens (tertiary/aromatic N) is 3. The minimum absolute atomic E-state index is 0.0195. The molecule has 1 fully saturated rings. The minimum Gasteiger partial charge on any atom is -0.351 e. The first-order chi connectivity index (χ1) is 14.1. The molecule has 3 atom stereocenters. The molecule has 0 aliphatic carbocycles. The van der Waals surface area contributed by atoms with Crippen molar-refractivity contribution in [2.45, 2.75) is 50.7 Å². The van der Waals surface area contributed by atoms with E-state index in [2.05, 4.69) is 25.6 Å². The van der Waals surface area contributed by atoms with Crippen molar-refractivity contribution in [2.75, 3.05) is 0 Å². The van der Waals surface area contributed by atoms with Crippen molar-refractivity contribution in [3.8, 4) is 11.3 Å². The van der Waals surface area contributed by atoms with Crippen LogP contribution < -0.4 is 10.6 Å². The summed E-state index contributed by atoms with van der Waals surface area (Å²) in [7, 11) is 0. The third-order valence-corrected chi connectivity index (χ3v) is 4.70. The lowest BCUT2D eigenvalue weighted by molar-refractivity contribution is -0.145. The molecule has 2 N–H and O–H groups in total. The Bertz CT molecular complexity index is 895. The van der Waals surface area contributed by atoms with Crippen molar-refractivity contribution in [2.24, 2.45) is 0 Å². The molecule has 0 unspecified atom stereocenters. The molecule has 1 aliphatic heterocycles. The summed E-state index contributed by atoms with van der Waals surface area (Å²) in [6.07, 6.45) is -6.18. The van der Waals surface area contributed by atoms with Crippen LogP contribution in [0.5, 0.6) is 0 Å². The van der Waals surface area contributed by atoms with Crippen LogP contribution in [0.4, 0.5) is 26.3 Å². The molecule has 30 heavy (non-hydrogen) atoms. The molecular formula is C18H17F6N5O. The maximum Gasteiger partial charge on any atom is 0.451 e. The van der Waals surface area contributed by atoms with Crippen LogP contribution in [-0.2, 0) is 17.5 Å². The maximum atomic E-state index is 13.6. The molecule has 12 heteroatoms. The summed E-state index contributed by atoms with van der Waals surface area (Å²) in [4.78, 5) is 22.5. The van der Waals surface area contributed by atoms with Gasteiger partial charge in [0.05, 0.1) is 11.7 Å². The van der Waals surface area contributed by atoms with E-state index in [0.717, 1.165) is 18.6 Å². The normalized spacial score (nSPS) is 21.8. The summed E-state index contributed by atoms with van der Waals surface area (Å²) in [6, 6.07) is -0.0599. The Kier molecular flexibility index (Phi) is 6.25. The molecule has 1 saturated heterocycles. The number of carbonyl (C=O) groups excluding carboxylic acids is 1. The highest BCUT2D eigenvalue weighted by Gasteiger charge is 2.35. The van der Waals surface area contributed by atoms with E-state index in [0.29, 0.717) is 0 Å². The molecule has 0 aromatic carbocycles. The van der Waals surface area contributed by atoms with Gasteiger partial charge in [-0.1, -0.05) is 0 Å². The molecule has 1 amide bonds. The second kappa shape index (κ2) is 8.54. The van der Waals surface area contributed by atoms with Crippen LogP contribution in [0.1, 0.15) is 36.7 Å². The average Bonchev–Trinajstić information content (AvgIpc) is 3.04. The predicted molar refractivity (Wildman–Crippen MR) is 93.0 cm³/mol. The number of amides is 1. The lowest BCUT2D eigenvalue weighted by Crippen LogP contribution is -2.42. The van der Waals surface area contributed by atoms with Crippen molar-refractivity contribution in [1.82, 2.24) is 25.6 Å². The zero-order valence-corrected chi connectivity index (χ0v) is 15.6. The van der Waals surface area contributed by atoms with Crippen molar-refractivity contribution in [3.63, 3.8) is 0 Å². The quantitative estimate of drug-likeness (QED) is 0.708. The summed E-state index contributed by atoms with van der Waals surface area (Å²) < 4.78 is 78.0. The number of pyridine rings is 1. The Morgan fingerprint density at radius 3 is 2.43 bits per heavy atom. The highest BCUT2D eigenvalue weighted by Crippen LogP contribution is 2.29. The van der Waals surface area contributed by atoms with Gasteiger partial charge in [0, 0.05) is 48.7 Å². The fraction of sp³-hybridized carbons (Fsp3) is 0.444. The van der Waals surface area contributed by atoms with Gasteiger partial charge in [-0.2, -0.15) is 13.2 Å². The molecule has 0 saturated carbocycles. The Labute approximate surface area is 167 Å². The summed E-state index contributed by atoms with van der Waals surface area (Å²) in [6.45, 7) is 1.30. The Hall–Kier alpha value is -2.76. The summed E-state index contributed by atoms with van der Waals surface area (Å²) in [5, 5.41) is 5.25. The number of alkyl halides is 6. The van der Waals surface area contributed by atoms with Crippen molar-refractivity contribution < 1.29 is 31.1 Å². The highest BCUT2D eigenvalue weighted by molar-refractivity contribution is 5.82. The fourth-order valence-corrected chi connectivity index (χ4v) is 3.03. The van der Waals surface area contributed by atoms with Gasteiger partial charge >= 0.3 is 6.18 Å². The van der Waals surface area contributed by atoms with Gasteiger partial charge in [-0.15, -0.1) is 0 Å². The van der Waals surface area contributed by atoms with Gasteiger partial charge in [0.15, 0.2) is 0 Å². The van der Waals surface area contributed by atoms with E-state index >= 15 is 0 Å². The molecular weight excluding hydrogens is 416 g/mol. The summed E-state index contributed by atoms with van der Waals surface area (Å²) >= 11 is 0. The first-order valence-corrected chi connectivity index (χ1v) is 8.90. The van der Waals surface area contributed by atoms with E-state index < -0.39 is 48.2 Å². The largest absolute Gasteiger partial charge is 0.451 e. The van der Waals surface area contributed by atoms with Crippen LogP contribution >= 0.6 is 0 Å². The Morgan fingerprint density at radius 2 is 1.90 bits per heavy atom. The lowest BCUT2D eigenvalue weighted by atomic mass is 10.1. The lowest BCUT2D eigenvalue weighted by Gasteiger charge is -2.15. The highest BCUT2D eigenvalue weighted by atomic mass is 19.4. The predicted octanol–water partition coefficient (Wildman–Crippen LogP) is 3.20. The second-order valence-electron chi connectivity index (χ2n) is 6.84. The van der Waals surface area contributed by atoms with Gasteiger partial charge in [-0.25, -0.2) is 23.1 Å². The van der Waals surface area contributed by atoms with Gasteiger partial charge in [0.25, 0.3) is 6.43 Å². The molecule has 3 rings (SSSR count). The van der Waals surface area contributed by atoms with Crippen LogP contribution in [0.2, 0.25) is 0 Å². The first kappa shape index (κ1) is 21.9. The van der Waals surface area contributed by atoms with Crippen molar-refractivity contribution in [1.29, 1.82) is 0 Å². The summed E-state index contributed by atoms with van der Waals surface area (Å²) in [5.74, 6) is -1.88. The zero-order chi connectivity index (χ0) is 22.1. The van der Waals surface area contributed by atoms with Gasteiger partial charge in [-0.3, -0.25) is 9.78 Å². The van der Waals surface area contributed by atoms with Crippen LogP contribution in [0.25, 0.3) is 11.3 Å². The van der Waals surface area contributed by atoms with Crippen LogP contribution in [0.15, 0.2) is 24.7 Å². The smallest absolute Gasteiger partial charge is 0.351 e. The van der Waals surface area contributed by atoms with E-state index in [-0.39, 0.29) is 29.8 Å². The molecule has 162 valence electrons. The number of aromatic nitrogens is 3. The van der Waals surface area contributed by atoms with Crippen molar-refractivity contribution in [3.05, 3.63) is 41.6 Å². The number of hydrogen-bond donors (Lipinski definition) is 2. The molecule has 2 aromatic rings. The molecule has 1 aliphatic rings. The number of halogens is 6. The SMILES string of the molecule is C[C@@H]1N[C@H](C(=O)NCc2cc(-c3cnc(C(F)(F)F)nc3)ncc2C(F)F)C[C@H]1F. The van der Waals surface area contributed by atoms with E-state index in [1.807, 2.05) is 0 Å². The van der Waals surface area contributed by atoms with Crippen LogP contribution in [0, 0.1) is 0 Å². The Morgan fingerprint density at radius 1 is 1.23 bits per heavy atom. The molecule has 3 heterocycles. The van der Waals surface area contributed by atoms with E-state index in [4.69, 9.17) is 0 Å². The van der Waals surface area contributed by atoms with Crippen LogP contribution in [-0.4, -0.2) is 39.1 Å². The third kappa shape index (κ3) is 4.86. The van der Waals surface area contributed by atoms with Gasteiger partial charge in [-0.05, 0) is 18.6 Å². The van der Waals surface area contributed by atoms with Gasteiger partial charge in [0.2, 0.25) is 11.7 Å².